The fraction of sp³-hybridized carbons (Fsp3) is 0.412. The highest BCUT2D eigenvalue weighted by atomic mass is 35.5. The van der Waals surface area contributed by atoms with Crippen molar-refractivity contribution in [3.05, 3.63) is 88.4 Å². The van der Waals surface area contributed by atoms with Gasteiger partial charge in [-0.3, -0.25) is 14.5 Å². The van der Waals surface area contributed by atoms with E-state index in [1.807, 2.05) is 42.2 Å². The molecule has 9 heteroatoms. The maximum absolute atomic E-state index is 13.3. The van der Waals surface area contributed by atoms with E-state index in [1.54, 1.807) is 21.3 Å². The second-order valence-electron chi connectivity index (χ2n) is 11.0. The van der Waals surface area contributed by atoms with Crippen molar-refractivity contribution < 1.29 is 23.8 Å². The molecule has 3 aromatic rings. The summed E-state index contributed by atoms with van der Waals surface area (Å²) < 4.78 is 16.2. The van der Waals surface area contributed by atoms with Crippen LogP contribution in [-0.4, -0.2) is 69.1 Å². The highest BCUT2D eigenvalue weighted by Crippen LogP contribution is 2.38. The summed E-state index contributed by atoms with van der Waals surface area (Å²) in [6.45, 7) is 5.26. The molecule has 3 aromatic carbocycles. The number of hydrogen-bond acceptors (Lipinski definition) is 6. The number of amides is 2. The second kappa shape index (κ2) is 15.6. The van der Waals surface area contributed by atoms with E-state index >= 15 is 0 Å². The molecule has 0 spiro atoms. The Morgan fingerprint density at radius 1 is 0.837 bits per heavy atom. The highest BCUT2D eigenvalue weighted by Gasteiger charge is 2.27. The molecule has 1 saturated heterocycles. The average molecular weight is 608 g/mol. The van der Waals surface area contributed by atoms with Gasteiger partial charge in [-0.2, -0.15) is 0 Å². The fourth-order valence-corrected chi connectivity index (χ4v) is 5.79. The molecular weight excluding hydrogens is 566 g/mol. The number of carbonyl (C=O) groups excluding carboxylic acids is 2. The number of carbonyl (C=O) groups is 2. The van der Waals surface area contributed by atoms with Crippen molar-refractivity contribution in [2.75, 3.05) is 47.5 Å². The number of hydrogen-bond donors (Lipinski definition) is 1. The number of methoxy groups -OCH3 is 3. The summed E-state index contributed by atoms with van der Waals surface area (Å²) in [5, 5.41) is 3.67. The molecule has 43 heavy (non-hydrogen) atoms. The second-order valence-corrected chi connectivity index (χ2v) is 11.4. The lowest BCUT2D eigenvalue weighted by Crippen LogP contribution is -2.37. The lowest BCUT2D eigenvalue weighted by molar-refractivity contribution is -0.132. The number of ether oxygens (including phenoxy) is 3. The van der Waals surface area contributed by atoms with E-state index in [4.69, 9.17) is 25.8 Å². The maximum Gasteiger partial charge on any atom is 0.222 e. The first-order chi connectivity index (χ1) is 20.8. The molecule has 1 aliphatic heterocycles. The predicted molar refractivity (Wildman–Crippen MR) is 169 cm³/mol. The third kappa shape index (κ3) is 8.65. The summed E-state index contributed by atoms with van der Waals surface area (Å²) in [6.07, 6.45) is 1.48. The Hall–Kier alpha value is -3.75. The normalized spacial score (nSPS) is 15.2. The van der Waals surface area contributed by atoms with Crippen LogP contribution in [0.1, 0.15) is 48.9 Å². The summed E-state index contributed by atoms with van der Waals surface area (Å²) in [7, 11) is 4.66. The third-order valence-electron chi connectivity index (χ3n) is 7.82. The van der Waals surface area contributed by atoms with E-state index in [-0.39, 0.29) is 30.2 Å². The zero-order valence-corrected chi connectivity index (χ0v) is 26.2. The SMILES string of the molecule is COc1cc(CNC(=O)CC(C)CC(=O)N2CCCN(C(c3ccccc3)c3ccc(Cl)cc3)CC2)cc(OC)c1OC. The first-order valence-corrected chi connectivity index (χ1v) is 15.1. The topological polar surface area (TPSA) is 80.3 Å². The Balaban J connectivity index is 1.31. The van der Waals surface area contributed by atoms with Gasteiger partial charge >= 0.3 is 0 Å². The Morgan fingerprint density at radius 2 is 1.49 bits per heavy atom. The van der Waals surface area contributed by atoms with Crippen LogP contribution >= 0.6 is 11.6 Å². The van der Waals surface area contributed by atoms with Gasteiger partial charge in [0.05, 0.1) is 27.4 Å². The first kappa shape index (κ1) is 32.2. The highest BCUT2D eigenvalue weighted by molar-refractivity contribution is 6.30. The van der Waals surface area contributed by atoms with Crippen LogP contribution < -0.4 is 19.5 Å². The number of benzene rings is 3. The summed E-state index contributed by atoms with van der Waals surface area (Å²) in [5.74, 6) is 1.47. The standard InChI is InChI=1S/C34H42ClN3O5/c1-24(19-31(39)36-23-25-21-29(41-2)34(43-4)30(22-25)42-3)20-32(40)37-15-8-16-38(18-17-37)33(26-9-6-5-7-10-26)27-11-13-28(35)14-12-27/h5-7,9-14,21-22,24,33H,8,15-20,23H2,1-4H3,(H,36,39). The molecule has 1 heterocycles. The van der Waals surface area contributed by atoms with E-state index in [9.17, 15) is 9.59 Å². The van der Waals surface area contributed by atoms with Gasteiger partial charge in [0.15, 0.2) is 11.5 Å². The van der Waals surface area contributed by atoms with E-state index in [0.717, 1.165) is 25.1 Å². The molecule has 8 nitrogen and oxygen atoms in total. The zero-order chi connectivity index (χ0) is 30.8. The van der Waals surface area contributed by atoms with Gasteiger partial charge in [-0.05, 0) is 53.3 Å². The maximum atomic E-state index is 13.3. The van der Waals surface area contributed by atoms with Gasteiger partial charge in [0.1, 0.15) is 0 Å². The van der Waals surface area contributed by atoms with Gasteiger partial charge in [-0.25, -0.2) is 0 Å². The Labute approximate surface area is 259 Å². The van der Waals surface area contributed by atoms with Gasteiger partial charge < -0.3 is 24.4 Å². The molecule has 0 aliphatic carbocycles. The molecule has 4 rings (SSSR count). The predicted octanol–water partition coefficient (Wildman–Crippen LogP) is 5.72. The number of nitrogens with zero attached hydrogens (tertiary/aromatic N) is 2. The third-order valence-corrected chi connectivity index (χ3v) is 8.07. The summed E-state index contributed by atoms with van der Waals surface area (Å²) in [5.41, 5.74) is 3.23. The van der Waals surface area contributed by atoms with Crippen molar-refractivity contribution in [2.24, 2.45) is 5.92 Å². The number of rotatable bonds is 12. The van der Waals surface area contributed by atoms with E-state index < -0.39 is 0 Å². The minimum Gasteiger partial charge on any atom is -0.493 e. The minimum absolute atomic E-state index is 0.0850. The van der Waals surface area contributed by atoms with Gasteiger partial charge in [0.25, 0.3) is 0 Å². The van der Waals surface area contributed by atoms with Crippen molar-refractivity contribution in [3.8, 4) is 17.2 Å². The van der Waals surface area contributed by atoms with Gasteiger partial charge in [-0.1, -0.05) is 61.0 Å². The molecule has 1 N–H and O–H groups in total. The van der Waals surface area contributed by atoms with Crippen LogP contribution in [-0.2, 0) is 16.1 Å². The Bertz CT molecular complexity index is 1330. The van der Waals surface area contributed by atoms with Crippen LogP contribution in [0.15, 0.2) is 66.7 Å². The van der Waals surface area contributed by atoms with Crippen LogP contribution in [0.2, 0.25) is 5.02 Å². The molecule has 2 atom stereocenters. The number of halogens is 1. The van der Waals surface area contributed by atoms with Crippen molar-refractivity contribution in [3.63, 3.8) is 0 Å². The molecule has 2 amide bonds. The van der Waals surface area contributed by atoms with Crippen LogP contribution in [0.5, 0.6) is 17.2 Å². The van der Waals surface area contributed by atoms with E-state index in [0.29, 0.717) is 48.3 Å². The molecule has 0 saturated carbocycles. The molecule has 0 bridgehead atoms. The van der Waals surface area contributed by atoms with Crippen LogP contribution in [0.3, 0.4) is 0 Å². The monoisotopic (exact) mass is 607 g/mol. The Morgan fingerprint density at radius 3 is 2.12 bits per heavy atom. The summed E-state index contributed by atoms with van der Waals surface area (Å²) in [6, 6.07) is 22.2. The molecule has 1 fully saturated rings. The molecule has 0 radical (unpaired) electrons. The van der Waals surface area contributed by atoms with Crippen molar-refractivity contribution in [1.29, 1.82) is 0 Å². The molecule has 0 aromatic heterocycles. The quantitative estimate of drug-likeness (QED) is 0.284. The van der Waals surface area contributed by atoms with Gasteiger partial charge in [-0.15, -0.1) is 0 Å². The van der Waals surface area contributed by atoms with Crippen LogP contribution in [0, 0.1) is 5.92 Å². The Kier molecular flexibility index (Phi) is 11.7. The van der Waals surface area contributed by atoms with Crippen LogP contribution in [0.4, 0.5) is 0 Å². The molecule has 1 aliphatic rings. The van der Waals surface area contributed by atoms with Crippen LogP contribution in [0.25, 0.3) is 0 Å². The van der Waals surface area contributed by atoms with Crippen molar-refractivity contribution >= 4 is 23.4 Å². The summed E-state index contributed by atoms with van der Waals surface area (Å²) >= 11 is 6.18. The smallest absolute Gasteiger partial charge is 0.222 e. The minimum atomic E-state index is -0.107. The number of nitrogens with one attached hydrogen (secondary N) is 1. The fourth-order valence-electron chi connectivity index (χ4n) is 5.67. The van der Waals surface area contributed by atoms with Gasteiger partial charge in [0, 0.05) is 50.6 Å². The van der Waals surface area contributed by atoms with Crippen molar-refractivity contribution in [2.45, 2.75) is 38.8 Å². The molecular formula is C34H42ClN3O5. The van der Waals surface area contributed by atoms with E-state index in [2.05, 4.69) is 46.6 Å². The summed E-state index contributed by atoms with van der Waals surface area (Å²) in [4.78, 5) is 30.4. The largest absolute Gasteiger partial charge is 0.493 e. The van der Waals surface area contributed by atoms with Crippen molar-refractivity contribution in [1.82, 2.24) is 15.1 Å². The molecule has 2 unspecified atom stereocenters. The molecule has 230 valence electrons. The van der Waals surface area contributed by atoms with Gasteiger partial charge in [0.2, 0.25) is 17.6 Å². The average Bonchev–Trinajstić information content (AvgIpc) is 3.27. The first-order valence-electron chi connectivity index (χ1n) is 14.7. The lowest BCUT2D eigenvalue weighted by atomic mass is 9.97. The zero-order valence-electron chi connectivity index (χ0n) is 25.5. The lowest BCUT2D eigenvalue weighted by Gasteiger charge is -2.31. The van der Waals surface area contributed by atoms with E-state index in [1.165, 1.54) is 11.1 Å².